The van der Waals surface area contributed by atoms with Gasteiger partial charge in [0.2, 0.25) is 0 Å². The topological polar surface area (TPSA) is 52.3 Å². The Kier molecular flexibility index (Phi) is 6.87. The summed E-state index contributed by atoms with van der Waals surface area (Å²) in [4.78, 5) is 11.0. The maximum absolute atomic E-state index is 11.0. The van der Waals surface area contributed by atoms with Crippen LogP contribution in [-0.4, -0.2) is 19.1 Å². The predicted molar refractivity (Wildman–Crippen MR) is 70.1 cm³/mol. The summed E-state index contributed by atoms with van der Waals surface area (Å²) in [5, 5.41) is 0. The van der Waals surface area contributed by atoms with Crippen molar-refractivity contribution in [1.82, 2.24) is 0 Å². The SMILES string of the molecule is COC(=O)[C@H](N)Cc1ccc(I)cc1.Cl. The van der Waals surface area contributed by atoms with Crippen molar-refractivity contribution in [1.29, 1.82) is 0 Å². The van der Waals surface area contributed by atoms with Crippen molar-refractivity contribution < 1.29 is 9.53 Å². The van der Waals surface area contributed by atoms with Crippen LogP contribution in [0.3, 0.4) is 0 Å². The molecule has 0 aromatic heterocycles. The predicted octanol–water partition coefficient (Wildman–Crippen LogP) is 1.76. The van der Waals surface area contributed by atoms with E-state index in [1.807, 2.05) is 24.3 Å². The van der Waals surface area contributed by atoms with Crippen molar-refractivity contribution in [3.05, 3.63) is 33.4 Å². The van der Waals surface area contributed by atoms with E-state index in [-0.39, 0.29) is 18.4 Å². The van der Waals surface area contributed by atoms with Gasteiger partial charge in [0.15, 0.2) is 0 Å². The Morgan fingerprint density at radius 1 is 1.47 bits per heavy atom. The zero-order valence-electron chi connectivity index (χ0n) is 8.27. The molecular formula is C10H13ClINO2. The Balaban J connectivity index is 0.00000196. The summed E-state index contributed by atoms with van der Waals surface area (Å²) in [5.74, 6) is -0.372. The number of hydrogen-bond donors (Lipinski definition) is 1. The fourth-order valence-electron chi connectivity index (χ4n) is 1.11. The van der Waals surface area contributed by atoms with Gasteiger partial charge in [0.1, 0.15) is 6.04 Å². The Bertz CT molecular complexity index is 316. The van der Waals surface area contributed by atoms with Gasteiger partial charge in [0, 0.05) is 3.57 Å². The maximum atomic E-state index is 11.0. The van der Waals surface area contributed by atoms with Crippen LogP contribution in [0.25, 0.3) is 0 Å². The summed E-state index contributed by atoms with van der Waals surface area (Å²) in [6.07, 6.45) is 0.517. The highest BCUT2D eigenvalue weighted by molar-refractivity contribution is 14.1. The fraction of sp³-hybridized carbons (Fsp3) is 0.300. The van der Waals surface area contributed by atoms with Crippen molar-refractivity contribution in [3.63, 3.8) is 0 Å². The number of benzene rings is 1. The third-order valence-corrected chi connectivity index (χ3v) is 2.59. The van der Waals surface area contributed by atoms with Crippen LogP contribution >= 0.6 is 35.0 Å². The van der Waals surface area contributed by atoms with Crippen molar-refractivity contribution in [2.24, 2.45) is 5.73 Å². The number of methoxy groups -OCH3 is 1. The van der Waals surface area contributed by atoms with Crippen molar-refractivity contribution >= 4 is 41.0 Å². The van der Waals surface area contributed by atoms with Gasteiger partial charge in [-0.2, -0.15) is 0 Å². The monoisotopic (exact) mass is 341 g/mol. The van der Waals surface area contributed by atoms with E-state index in [4.69, 9.17) is 5.73 Å². The van der Waals surface area contributed by atoms with Gasteiger partial charge in [0.25, 0.3) is 0 Å². The molecule has 0 heterocycles. The number of ether oxygens (including phenoxy) is 1. The standard InChI is InChI=1S/C10H12INO2.ClH/c1-14-10(13)9(12)6-7-2-4-8(11)5-3-7;/h2-5,9H,6,12H2,1H3;1H/t9-;/m1./s1. The molecule has 0 unspecified atom stereocenters. The quantitative estimate of drug-likeness (QED) is 0.673. The second kappa shape index (κ2) is 7.03. The van der Waals surface area contributed by atoms with E-state index >= 15 is 0 Å². The van der Waals surface area contributed by atoms with E-state index < -0.39 is 6.04 Å². The molecule has 0 saturated heterocycles. The minimum atomic E-state index is -0.569. The Morgan fingerprint density at radius 2 is 2.00 bits per heavy atom. The highest BCUT2D eigenvalue weighted by atomic mass is 127. The second-order valence-corrected chi connectivity index (χ2v) is 4.21. The van der Waals surface area contributed by atoms with Crippen LogP contribution in [0.1, 0.15) is 5.56 Å². The summed E-state index contributed by atoms with van der Waals surface area (Å²) in [6.45, 7) is 0. The summed E-state index contributed by atoms with van der Waals surface area (Å²) < 4.78 is 5.71. The maximum Gasteiger partial charge on any atom is 0.322 e. The first kappa shape index (κ1) is 14.7. The number of rotatable bonds is 3. The van der Waals surface area contributed by atoms with E-state index in [0.717, 1.165) is 9.13 Å². The summed E-state index contributed by atoms with van der Waals surface area (Å²) in [7, 11) is 1.34. The number of carbonyl (C=O) groups is 1. The van der Waals surface area contributed by atoms with Gasteiger partial charge in [-0.25, -0.2) is 0 Å². The first-order chi connectivity index (χ1) is 6.63. The molecule has 0 fully saturated rings. The molecule has 0 spiro atoms. The average molecular weight is 342 g/mol. The lowest BCUT2D eigenvalue weighted by Crippen LogP contribution is -2.33. The van der Waals surface area contributed by atoms with Crippen LogP contribution in [0.2, 0.25) is 0 Å². The molecular weight excluding hydrogens is 328 g/mol. The number of nitrogens with two attached hydrogens (primary N) is 1. The van der Waals surface area contributed by atoms with E-state index in [1.54, 1.807) is 0 Å². The number of carbonyl (C=O) groups excluding carboxylic acids is 1. The molecule has 0 amide bonds. The molecule has 5 heteroatoms. The van der Waals surface area contributed by atoms with Crippen molar-refractivity contribution in [3.8, 4) is 0 Å². The molecule has 0 bridgehead atoms. The van der Waals surface area contributed by atoms with E-state index in [9.17, 15) is 4.79 Å². The molecule has 0 aliphatic carbocycles. The first-order valence-electron chi connectivity index (χ1n) is 4.21. The highest BCUT2D eigenvalue weighted by Crippen LogP contribution is 2.08. The Morgan fingerprint density at radius 3 is 2.47 bits per heavy atom. The lowest BCUT2D eigenvalue weighted by atomic mass is 10.1. The van der Waals surface area contributed by atoms with E-state index in [0.29, 0.717) is 6.42 Å². The molecule has 1 aromatic rings. The number of esters is 1. The Labute approximate surface area is 109 Å². The van der Waals surface area contributed by atoms with Gasteiger partial charge in [0.05, 0.1) is 7.11 Å². The van der Waals surface area contributed by atoms with Gasteiger partial charge in [-0.3, -0.25) is 4.79 Å². The highest BCUT2D eigenvalue weighted by Gasteiger charge is 2.13. The average Bonchev–Trinajstić information content (AvgIpc) is 2.20. The minimum absolute atomic E-state index is 0. The molecule has 0 aliphatic heterocycles. The first-order valence-corrected chi connectivity index (χ1v) is 5.29. The number of halogens is 2. The normalized spacial score (nSPS) is 11.4. The molecule has 2 N–H and O–H groups in total. The third-order valence-electron chi connectivity index (χ3n) is 1.87. The third kappa shape index (κ3) is 4.81. The van der Waals surface area contributed by atoms with Crippen LogP contribution in [0.15, 0.2) is 24.3 Å². The van der Waals surface area contributed by atoms with Crippen LogP contribution < -0.4 is 5.73 Å². The molecule has 1 aromatic carbocycles. The van der Waals surface area contributed by atoms with Crippen LogP contribution in [0.4, 0.5) is 0 Å². The smallest absolute Gasteiger partial charge is 0.322 e. The summed E-state index contributed by atoms with van der Waals surface area (Å²) >= 11 is 2.23. The van der Waals surface area contributed by atoms with Gasteiger partial charge < -0.3 is 10.5 Å². The second-order valence-electron chi connectivity index (χ2n) is 2.96. The zero-order valence-corrected chi connectivity index (χ0v) is 11.2. The van der Waals surface area contributed by atoms with Crippen molar-refractivity contribution in [2.45, 2.75) is 12.5 Å². The molecule has 1 atom stereocenters. The van der Waals surface area contributed by atoms with Crippen molar-refractivity contribution in [2.75, 3.05) is 7.11 Å². The lowest BCUT2D eigenvalue weighted by Gasteiger charge is -2.08. The largest absolute Gasteiger partial charge is 0.468 e. The van der Waals surface area contributed by atoms with E-state index in [2.05, 4.69) is 27.3 Å². The molecule has 3 nitrogen and oxygen atoms in total. The van der Waals surface area contributed by atoms with Gasteiger partial charge in [-0.15, -0.1) is 12.4 Å². The molecule has 84 valence electrons. The van der Waals surface area contributed by atoms with Gasteiger partial charge in [-0.1, -0.05) is 12.1 Å². The van der Waals surface area contributed by atoms with E-state index in [1.165, 1.54) is 7.11 Å². The molecule has 0 saturated carbocycles. The summed E-state index contributed by atoms with van der Waals surface area (Å²) in [6, 6.07) is 7.33. The minimum Gasteiger partial charge on any atom is -0.468 e. The fourth-order valence-corrected chi connectivity index (χ4v) is 1.47. The Hall–Kier alpha value is -0.330. The van der Waals surface area contributed by atoms with Crippen LogP contribution in [-0.2, 0) is 16.0 Å². The molecule has 1 rings (SSSR count). The molecule has 15 heavy (non-hydrogen) atoms. The summed E-state index contributed by atoms with van der Waals surface area (Å²) in [5.41, 5.74) is 6.67. The molecule has 0 aliphatic rings. The van der Waals surface area contributed by atoms with Crippen LogP contribution in [0.5, 0.6) is 0 Å². The van der Waals surface area contributed by atoms with Crippen LogP contribution in [0, 0.1) is 3.57 Å². The van der Waals surface area contributed by atoms with Gasteiger partial charge in [-0.05, 0) is 46.7 Å². The molecule has 0 radical (unpaired) electrons. The van der Waals surface area contributed by atoms with Gasteiger partial charge >= 0.3 is 5.97 Å². The lowest BCUT2D eigenvalue weighted by molar-refractivity contribution is -0.142. The number of hydrogen-bond acceptors (Lipinski definition) is 3. The zero-order chi connectivity index (χ0) is 10.6.